The minimum atomic E-state index is -1.17. The monoisotopic (exact) mass is 407 g/mol. The summed E-state index contributed by atoms with van der Waals surface area (Å²) in [6.45, 7) is 3.01. The van der Waals surface area contributed by atoms with Gasteiger partial charge in [-0.3, -0.25) is 14.5 Å². The van der Waals surface area contributed by atoms with Crippen LogP contribution in [-0.2, 0) is 15.1 Å². The molecule has 1 aliphatic heterocycles. The smallest absolute Gasteiger partial charge is 0.325 e. The average molecular weight is 408 g/mol. The Morgan fingerprint density at radius 3 is 2.78 bits per heavy atom. The molecule has 0 bridgehead atoms. The molecule has 7 nitrogen and oxygen atoms in total. The Balaban J connectivity index is 1.76. The van der Waals surface area contributed by atoms with E-state index in [9.17, 15) is 14.4 Å². The van der Waals surface area contributed by atoms with E-state index in [1.165, 1.54) is 18.4 Å². The van der Waals surface area contributed by atoms with Gasteiger partial charge in [0.05, 0.1) is 12.8 Å². The van der Waals surface area contributed by atoms with Gasteiger partial charge in [-0.2, -0.15) is 0 Å². The fourth-order valence-corrected chi connectivity index (χ4v) is 3.82. The van der Waals surface area contributed by atoms with Crippen molar-refractivity contribution in [3.05, 3.63) is 45.1 Å². The number of imide groups is 1. The SMILES string of the molecule is COc1cc(Cl)c(C)cc1NC(=O)CN1C(=O)NC(C)(c2cccs2)C1=O. The van der Waals surface area contributed by atoms with Gasteiger partial charge >= 0.3 is 6.03 Å². The Hall–Kier alpha value is -2.58. The Bertz CT molecular complexity index is 916. The lowest BCUT2D eigenvalue weighted by molar-refractivity contribution is -0.133. The summed E-state index contributed by atoms with van der Waals surface area (Å²) in [5.74, 6) is -0.599. The highest BCUT2D eigenvalue weighted by Crippen LogP contribution is 2.33. The standard InChI is InChI=1S/C18H18ClN3O4S/c1-10-7-12(13(26-3)8-11(10)19)20-15(23)9-22-16(24)18(2,21-17(22)25)14-5-4-6-27-14/h4-8H,9H2,1-3H3,(H,20,23)(H,21,25). The van der Waals surface area contributed by atoms with Gasteiger partial charge in [-0.15, -0.1) is 11.3 Å². The topological polar surface area (TPSA) is 87.7 Å². The fraction of sp³-hybridized carbons (Fsp3) is 0.278. The van der Waals surface area contributed by atoms with Crippen molar-refractivity contribution >= 4 is 46.5 Å². The average Bonchev–Trinajstić information content (AvgIpc) is 3.22. The van der Waals surface area contributed by atoms with Crippen LogP contribution in [0.2, 0.25) is 5.02 Å². The van der Waals surface area contributed by atoms with Crippen molar-refractivity contribution in [1.82, 2.24) is 10.2 Å². The van der Waals surface area contributed by atoms with E-state index < -0.39 is 29.9 Å². The normalized spacial score (nSPS) is 19.2. The Morgan fingerprint density at radius 1 is 1.41 bits per heavy atom. The lowest BCUT2D eigenvalue weighted by atomic mass is 10.0. The summed E-state index contributed by atoms with van der Waals surface area (Å²) in [6.07, 6.45) is 0. The maximum Gasteiger partial charge on any atom is 0.325 e. The van der Waals surface area contributed by atoms with E-state index in [1.807, 2.05) is 5.38 Å². The molecule has 1 fully saturated rings. The van der Waals surface area contributed by atoms with Crippen LogP contribution in [0.25, 0.3) is 0 Å². The number of hydrogen-bond acceptors (Lipinski definition) is 5. The van der Waals surface area contributed by atoms with Crippen molar-refractivity contribution in [3.8, 4) is 5.75 Å². The van der Waals surface area contributed by atoms with Crippen LogP contribution in [0, 0.1) is 6.92 Å². The van der Waals surface area contributed by atoms with E-state index in [-0.39, 0.29) is 0 Å². The van der Waals surface area contributed by atoms with Gasteiger partial charge in [-0.25, -0.2) is 4.79 Å². The molecule has 142 valence electrons. The molecule has 0 spiro atoms. The zero-order valence-electron chi connectivity index (χ0n) is 15.0. The zero-order valence-corrected chi connectivity index (χ0v) is 16.5. The van der Waals surface area contributed by atoms with Crippen LogP contribution >= 0.6 is 22.9 Å². The first kappa shape index (κ1) is 19.2. The Labute approximate surface area is 165 Å². The lowest BCUT2D eigenvalue weighted by Crippen LogP contribution is -2.41. The second-order valence-corrected chi connectivity index (χ2v) is 7.63. The molecule has 1 unspecified atom stereocenters. The molecule has 9 heteroatoms. The first-order valence-electron chi connectivity index (χ1n) is 8.08. The molecule has 1 atom stereocenters. The number of nitrogens with zero attached hydrogens (tertiary/aromatic N) is 1. The van der Waals surface area contributed by atoms with Crippen molar-refractivity contribution in [2.75, 3.05) is 19.0 Å². The first-order chi connectivity index (χ1) is 12.8. The number of carbonyl (C=O) groups excluding carboxylic acids is 3. The quantitative estimate of drug-likeness (QED) is 0.745. The summed E-state index contributed by atoms with van der Waals surface area (Å²) in [6, 6.07) is 6.22. The maximum atomic E-state index is 12.8. The number of nitrogens with one attached hydrogen (secondary N) is 2. The number of rotatable bonds is 5. The van der Waals surface area contributed by atoms with Crippen molar-refractivity contribution in [1.29, 1.82) is 0 Å². The molecule has 2 N–H and O–H groups in total. The summed E-state index contributed by atoms with van der Waals surface area (Å²) in [5.41, 5.74) is 0.00517. The van der Waals surface area contributed by atoms with Gasteiger partial charge in [0.15, 0.2) is 5.54 Å². The predicted octanol–water partition coefficient (Wildman–Crippen LogP) is 3.12. The molecule has 1 aromatic carbocycles. The molecule has 4 amide bonds. The summed E-state index contributed by atoms with van der Waals surface area (Å²) in [4.78, 5) is 39.1. The number of ether oxygens (including phenoxy) is 1. The number of aryl methyl sites for hydroxylation is 1. The molecular formula is C18H18ClN3O4S. The number of carbonyl (C=O) groups is 3. The van der Waals surface area contributed by atoms with E-state index in [4.69, 9.17) is 16.3 Å². The summed E-state index contributed by atoms with van der Waals surface area (Å²) < 4.78 is 5.22. The number of methoxy groups -OCH3 is 1. The highest BCUT2D eigenvalue weighted by atomic mass is 35.5. The predicted molar refractivity (Wildman–Crippen MR) is 103 cm³/mol. The van der Waals surface area contributed by atoms with Gasteiger partial charge < -0.3 is 15.4 Å². The number of halogens is 1. The number of hydrogen-bond donors (Lipinski definition) is 2. The number of amides is 4. The largest absolute Gasteiger partial charge is 0.495 e. The molecule has 2 aromatic rings. The van der Waals surface area contributed by atoms with Gasteiger partial charge in [-0.05, 0) is 36.9 Å². The number of thiophene rings is 1. The summed E-state index contributed by atoms with van der Waals surface area (Å²) in [5, 5.41) is 7.66. The summed E-state index contributed by atoms with van der Waals surface area (Å²) >= 11 is 7.42. The fourth-order valence-electron chi connectivity index (χ4n) is 2.83. The van der Waals surface area contributed by atoms with Crippen molar-refractivity contribution in [3.63, 3.8) is 0 Å². The second-order valence-electron chi connectivity index (χ2n) is 6.27. The van der Waals surface area contributed by atoms with E-state index in [0.717, 1.165) is 10.5 Å². The molecule has 1 aromatic heterocycles. The van der Waals surface area contributed by atoms with Crippen molar-refractivity contribution in [2.45, 2.75) is 19.4 Å². The highest BCUT2D eigenvalue weighted by molar-refractivity contribution is 7.10. The van der Waals surface area contributed by atoms with Gasteiger partial charge in [0.1, 0.15) is 12.3 Å². The summed E-state index contributed by atoms with van der Waals surface area (Å²) in [7, 11) is 1.46. The third-order valence-electron chi connectivity index (χ3n) is 4.35. The van der Waals surface area contributed by atoms with Crippen molar-refractivity contribution < 1.29 is 19.1 Å². The minimum Gasteiger partial charge on any atom is -0.495 e. The van der Waals surface area contributed by atoms with E-state index in [0.29, 0.717) is 21.3 Å². The highest BCUT2D eigenvalue weighted by Gasteiger charge is 2.50. The molecule has 1 aliphatic rings. The lowest BCUT2D eigenvalue weighted by Gasteiger charge is -2.20. The van der Waals surface area contributed by atoms with Gasteiger partial charge in [0.25, 0.3) is 5.91 Å². The van der Waals surface area contributed by atoms with Crippen LogP contribution in [0.1, 0.15) is 17.4 Å². The third-order valence-corrected chi connectivity index (χ3v) is 5.84. The van der Waals surface area contributed by atoms with Crippen LogP contribution in [0.4, 0.5) is 10.5 Å². The van der Waals surface area contributed by atoms with Crippen LogP contribution in [0.3, 0.4) is 0 Å². The number of urea groups is 1. The molecule has 27 heavy (non-hydrogen) atoms. The zero-order chi connectivity index (χ0) is 19.8. The van der Waals surface area contributed by atoms with Crippen LogP contribution in [-0.4, -0.2) is 36.4 Å². The van der Waals surface area contributed by atoms with Gasteiger partial charge in [0.2, 0.25) is 5.91 Å². The molecule has 2 heterocycles. The second kappa shape index (κ2) is 7.21. The molecular weight excluding hydrogens is 390 g/mol. The molecule has 0 aliphatic carbocycles. The van der Waals surface area contributed by atoms with Crippen LogP contribution in [0.15, 0.2) is 29.6 Å². The molecule has 0 saturated carbocycles. The van der Waals surface area contributed by atoms with E-state index in [1.54, 1.807) is 38.1 Å². The van der Waals surface area contributed by atoms with Gasteiger partial charge in [-0.1, -0.05) is 17.7 Å². The maximum absolute atomic E-state index is 12.8. The van der Waals surface area contributed by atoms with Crippen molar-refractivity contribution in [2.24, 2.45) is 0 Å². The Kier molecular flexibility index (Phi) is 5.12. The van der Waals surface area contributed by atoms with Gasteiger partial charge in [0, 0.05) is 16.0 Å². The minimum absolute atomic E-state index is 0.388. The third kappa shape index (κ3) is 3.50. The number of benzene rings is 1. The van der Waals surface area contributed by atoms with E-state index in [2.05, 4.69) is 10.6 Å². The molecule has 1 saturated heterocycles. The first-order valence-corrected chi connectivity index (χ1v) is 9.34. The Morgan fingerprint density at radius 2 is 2.15 bits per heavy atom. The van der Waals surface area contributed by atoms with E-state index >= 15 is 0 Å². The molecule has 0 radical (unpaired) electrons. The number of anilines is 1. The van der Waals surface area contributed by atoms with Crippen LogP contribution < -0.4 is 15.4 Å². The molecule has 3 rings (SSSR count). The van der Waals surface area contributed by atoms with Crippen LogP contribution in [0.5, 0.6) is 5.75 Å².